The van der Waals surface area contributed by atoms with E-state index in [1.54, 1.807) is 5.57 Å². The minimum atomic E-state index is 0.0109. The molecule has 4 aliphatic rings. The summed E-state index contributed by atoms with van der Waals surface area (Å²) in [4.78, 5) is 12.6. The van der Waals surface area contributed by atoms with Gasteiger partial charge in [0.25, 0.3) is 0 Å². The number of Topliss-reactive ketones (excluding diaryl/α,β-unsaturated/α-hetero) is 1. The molecule has 0 amide bonds. The lowest BCUT2D eigenvalue weighted by atomic mass is 9.47. The fourth-order valence-corrected chi connectivity index (χ4v) is 6.98. The number of rotatable bonds is 0. The summed E-state index contributed by atoms with van der Waals surface area (Å²) in [6.07, 6.45) is 12.7. The molecule has 21 heavy (non-hydrogen) atoms. The standard InChI is InChI=1S/C20H30O/c1-13-12-17(21)20(3)11-9-16-15(18(13)20)8-7-14-6-4-5-10-19(14,16)2/h7,13,15-16,18H,4-6,8-12H2,1-3H3/t13?,15-,16-,18+,19+,20-/m1/s1. The van der Waals surface area contributed by atoms with Gasteiger partial charge in [0.2, 0.25) is 0 Å². The molecule has 1 nitrogen and oxygen atoms in total. The number of carbonyl (C=O) groups excluding carboxylic acids is 1. The zero-order valence-electron chi connectivity index (χ0n) is 14.0. The second kappa shape index (κ2) is 4.46. The molecule has 4 rings (SSSR count). The van der Waals surface area contributed by atoms with E-state index in [2.05, 4.69) is 26.8 Å². The van der Waals surface area contributed by atoms with E-state index in [-0.39, 0.29) is 5.41 Å². The maximum Gasteiger partial charge on any atom is 0.139 e. The van der Waals surface area contributed by atoms with Crippen LogP contribution in [0, 0.1) is 34.5 Å². The van der Waals surface area contributed by atoms with Gasteiger partial charge in [-0.3, -0.25) is 4.79 Å². The average Bonchev–Trinajstić information content (AvgIpc) is 2.68. The van der Waals surface area contributed by atoms with Gasteiger partial charge in [-0.05, 0) is 67.6 Å². The molecule has 0 spiro atoms. The van der Waals surface area contributed by atoms with Gasteiger partial charge < -0.3 is 0 Å². The van der Waals surface area contributed by atoms with Crippen LogP contribution in [0.5, 0.6) is 0 Å². The molecule has 0 radical (unpaired) electrons. The van der Waals surface area contributed by atoms with Crippen molar-refractivity contribution in [2.24, 2.45) is 34.5 Å². The first-order valence-electron chi connectivity index (χ1n) is 9.19. The fourth-order valence-electron chi connectivity index (χ4n) is 6.98. The van der Waals surface area contributed by atoms with E-state index in [0.717, 1.165) is 24.7 Å². The Labute approximate surface area is 129 Å². The van der Waals surface area contributed by atoms with Crippen molar-refractivity contribution in [3.63, 3.8) is 0 Å². The molecule has 1 heteroatoms. The van der Waals surface area contributed by atoms with E-state index in [1.165, 1.54) is 38.5 Å². The molecule has 116 valence electrons. The molecular formula is C20H30O. The number of carbonyl (C=O) groups is 1. The smallest absolute Gasteiger partial charge is 0.139 e. The lowest BCUT2D eigenvalue weighted by Crippen LogP contribution is -2.50. The Morgan fingerprint density at radius 2 is 1.95 bits per heavy atom. The van der Waals surface area contributed by atoms with Gasteiger partial charge in [0, 0.05) is 11.8 Å². The third-order valence-corrected chi connectivity index (χ3v) is 8.03. The molecule has 0 aliphatic heterocycles. The quantitative estimate of drug-likeness (QED) is 0.562. The van der Waals surface area contributed by atoms with E-state index < -0.39 is 0 Å². The van der Waals surface area contributed by atoms with Crippen LogP contribution in [0.2, 0.25) is 0 Å². The summed E-state index contributed by atoms with van der Waals surface area (Å²) in [7, 11) is 0. The largest absolute Gasteiger partial charge is 0.299 e. The molecule has 3 fully saturated rings. The Bertz CT molecular complexity index is 504. The van der Waals surface area contributed by atoms with E-state index in [4.69, 9.17) is 0 Å². The molecule has 0 bridgehead atoms. The van der Waals surface area contributed by atoms with E-state index >= 15 is 0 Å². The molecule has 0 saturated heterocycles. The summed E-state index contributed by atoms with van der Waals surface area (Å²) in [5, 5.41) is 0. The van der Waals surface area contributed by atoms with Crippen LogP contribution in [-0.2, 0) is 4.79 Å². The third kappa shape index (κ3) is 1.72. The van der Waals surface area contributed by atoms with Crippen LogP contribution in [0.15, 0.2) is 11.6 Å². The lowest BCUT2D eigenvalue weighted by molar-refractivity contribution is -0.132. The van der Waals surface area contributed by atoms with Gasteiger partial charge >= 0.3 is 0 Å². The highest BCUT2D eigenvalue weighted by Crippen LogP contribution is 2.65. The Morgan fingerprint density at radius 1 is 1.14 bits per heavy atom. The van der Waals surface area contributed by atoms with E-state index in [0.29, 0.717) is 23.0 Å². The topological polar surface area (TPSA) is 17.1 Å². The van der Waals surface area contributed by atoms with Gasteiger partial charge in [-0.1, -0.05) is 38.8 Å². The summed E-state index contributed by atoms with van der Waals surface area (Å²) in [6.45, 7) is 7.19. The van der Waals surface area contributed by atoms with E-state index in [1.807, 2.05) is 0 Å². The molecule has 0 aromatic heterocycles. The predicted octanol–water partition coefficient (Wildman–Crippen LogP) is 5.15. The van der Waals surface area contributed by atoms with Gasteiger partial charge in [0.05, 0.1) is 0 Å². The maximum absolute atomic E-state index is 12.6. The van der Waals surface area contributed by atoms with Gasteiger partial charge in [-0.15, -0.1) is 0 Å². The molecule has 0 N–H and O–H groups in total. The van der Waals surface area contributed by atoms with E-state index in [9.17, 15) is 4.79 Å². The highest BCUT2D eigenvalue weighted by atomic mass is 16.1. The predicted molar refractivity (Wildman–Crippen MR) is 85.9 cm³/mol. The van der Waals surface area contributed by atoms with Crippen LogP contribution >= 0.6 is 0 Å². The average molecular weight is 286 g/mol. The van der Waals surface area contributed by atoms with Gasteiger partial charge in [0.1, 0.15) is 5.78 Å². The molecule has 3 saturated carbocycles. The Morgan fingerprint density at radius 3 is 2.76 bits per heavy atom. The first-order valence-corrected chi connectivity index (χ1v) is 9.19. The Kier molecular flexibility index (Phi) is 2.98. The first kappa shape index (κ1) is 14.0. The van der Waals surface area contributed by atoms with Crippen LogP contribution in [0.4, 0.5) is 0 Å². The fraction of sp³-hybridized carbons (Fsp3) is 0.850. The summed E-state index contributed by atoms with van der Waals surface area (Å²) >= 11 is 0. The second-order valence-electron chi connectivity index (χ2n) is 8.95. The lowest BCUT2D eigenvalue weighted by Gasteiger charge is -2.57. The molecule has 0 aromatic rings. The summed E-state index contributed by atoms with van der Waals surface area (Å²) < 4.78 is 0. The van der Waals surface area contributed by atoms with Crippen molar-refractivity contribution in [2.45, 2.75) is 72.1 Å². The van der Waals surface area contributed by atoms with Crippen molar-refractivity contribution in [1.29, 1.82) is 0 Å². The zero-order chi connectivity index (χ0) is 14.8. The van der Waals surface area contributed by atoms with Crippen molar-refractivity contribution in [1.82, 2.24) is 0 Å². The number of hydrogen-bond donors (Lipinski definition) is 0. The van der Waals surface area contributed by atoms with Crippen molar-refractivity contribution < 1.29 is 4.79 Å². The van der Waals surface area contributed by atoms with Crippen LogP contribution in [0.3, 0.4) is 0 Å². The molecule has 6 atom stereocenters. The Balaban J connectivity index is 1.74. The number of fused-ring (bicyclic) bond motifs is 5. The normalized spacial score (nSPS) is 52.7. The number of hydrogen-bond acceptors (Lipinski definition) is 1. The SMILES string of the molecule is CC1CC(=O)[C@@]2(C)CC[C@@H]3[C@@H](CC=C4CCCC[C@@]43C)[C@H]12. The number of ketones is 1. The van der Waals surface area contributed by atoms with Crippen LogP contribution in [0.1, 0.15) is 72.1 Å². The van der Waals surface area contributed by atoms with Crippen LogP contribution in [0.25, 0.3) is 0 Å². The number of allylic oxidation sites excluding steroid dienone is 2. The molecule has 1 unspecified atom stereocenters. The molecular weight excluding hydrogens is 256 g/mol. The minimum absolute atomic E-state index is 0.0109. The van der Waals surface area contributed by atoms with Crippen molar-refractivity contribution in [2.75, 3.05) is 0 Å². The van der Waals surface area contributed by atoms with Crippen molar-refractivity contribution >= 4 is 5.78 Å². The van der Waals surface area contributed by atoms with Crippen molar-refractivity contribution in [3.05, 3.63) is 11.6 Å². The minimum Gasteiger partial charge on any atom is -0.299 e. The summed E-state index contributed by atoms with van der Waals surface area (Å²) in [6, 6.07) is 0. The third-order valence-electron chi connectivity index (χ3n) is 8.03. The molecule has 0 aromatic carbocycles. The maximum atomic E-state index is 12.6. The second-order valence-corrected chi connectivity index (χ2v) is 8.95. The molecule has 0 heterocycles. The summed E-state index contributed by atoms with van der Waals surface area (Å²) in [5.74, 6) is 3.46. The first-order chi connectivity index (χ1) is 9.97. The monoisotopic (exact) mass is 286 g/mol. The highest BCUT2D eigenvalue weighted by Gasteiger charge is 2.60. The van der Waals surface area contributed by atoms with Crippen LogP contribution < -0.4 is 0 Å². The van der Waals surface area contributed by atoms with Crippen molar-refractivity contribution in [3.8, 4) is 0 Å². The zero-order valence-corrected chi connectivity index (χ0v) is 14.0. The summed E-state index contributed by atoms with van der Waals surface area (Å²) in [5.41, 5.74) is 2.25. The van der Waals surface area contributed by atoms with Gasteiger partial charge in [-0.2, -0.15) is 0 Å². The van der Waals surface area contributed by atoms with Gasteiger partial charge in [-0.25, -0.2) is 0 Å². The Hall–Kier alpha value is -0.590. The molecule has 4 aliphatic carbocycles. The highest BCUT2D eigenvalue weighted by molar-refractivity contribution is 5.87. The van der Waals surface area contributed by atoms with Gasteiger partial charge in [0.15, 0.2) is 0 Å². The van der Waals surface area contributed by atoms with Crippen LogP contribution in [-0.4, -0.2) is 5.78 Å².